The minimum Gasteiger partial charge on any atom is -1.00 e. The van der Waals surface area contributed by atoms with Crippen molar-refractivity contribution >= 4 is 55.1 Å². The zero-order valence-corrected chi connectivity index (χ0v) is 16.4. The van der Waals surface area contributed by atoms with Crippen molar-refractivity contribution < 1.29 is 13.1 Å². The fourth-order valence-corrected chi connectivity index (χ4v) is 2.96. The van der Waals surface area contributed by atoms with E-state index in [-0.39, 0.29) is 24.5 Å². The summed E-state index contributed by atoms with van der Waals surface area (Å²) in [5, 5.41) is 21.8. The summed E-state index contributed by atoms with van der Waals surface area (Å²) in [6.45, 7) is 3.75. The summed E-state index contributed by atoms with van der Waals surface area (Å²) in [5.74, 6) is 0.339. The van der Waals surface area contributed by atoms with Gasteiger partial charge < -0.3 is 13.1 Å². The second kappa shape index (κ2) is 8.53. The molecule has 0 amide bonds. The molecule has 0 aliphatic carbocycles. The molecule has 2 aromatic carbocycles. The van der Waals surface area contributed by atoms with Gasteiger partial charge in [0, 0.05) is 22.2 Å². The number of aryl methyl sites for hydroxylation is 2. The number of hydrogen-bond donors (Lipinski definition) is 2. The summed E-state index contributed by atoms with van der Waals surface area (Å²) in [6.07, 6.45) is 0. The van der Waals surface area contributed by atoms with Gasteiger partial charge in [0.25, 0.3) is 0 Å². The van der Waals surface area contributed by atoms with E-state index in [0.717, 1.165) is 22.2 Å². The maximum Gasteiger partial charge on any atom is 2.00 e. The molecule has 0 radical (unpaired) electrons. The van der Waals surface area contributed by atoms with Gasteiger partial charge in [-0.1, -0.05) is 23.2 Å². The molecule has 27 heavy (non-hydrogen) atoms. The van der Waals surface area contributed by atoms with E-state index in [4.69, 9.17) is 23.2 Å². The van der Waals surface area contributed by atoms with Crippen molar-refractivity contribution in [3.05, 3.63) is 70.0 Å². The van der Waals surface area contributed by atoms with Gasteiger partial charge in [-0.3, -0.25) is 0 Å². The number of nitrogens with zero attached hydrogens (tertiary/aromatic N) is 2. The summed E-state index contributed by atoms with van der Waals surface area (Å²) >= 11 is 11.9. The van der Waals surface area contributed by atoms with Crippen molar-refractivity contribution in [2.24, 2.45) is 0 Å². The number of phenolic OH excluding ortho intramolecular Hbond substituents is 2. The summed E-state index contributed by atoms with van der Waals surface area (Å²) in [7, 11) is 0. The third-order valence-electron chi connectivity index (χ3n) is 3.84. The maximum absolute atomic E-state index is 9.50. The van der Waals surface area contributed by atoms with Crippen LogP contribution in [0.1, 0.15) is 14.2 Å². The number of halogens is 2. The number of phenols is 2. The van der Waals surface area contributed by atoms with Gasteiger partial charge in [-0.05, 0) is 62.4 Å². The fourth-order valence-electron chi connectivity index (χ4n) is 2.53. The van der Waals surface area contributed by atoms with E-state index in [9.17, 15) is 10.2 Å². The molecular formula is C20H18BeCl2N2O2. The van der Waals surface area contributed by atoms with Crippen molar-refractivity contribution in [3.8, 4) is 11.5 Å². The van der Waals surface area contributed by atoms with Crippen LogP contribution in [0.3, 0.4) is 0 Å². The molecule has 0 fully saturated rings. The Morgan fingerprint density at radius 2 is 1.04 bits per heavy atom. The van der Waals surface area contributed by atoms with Crippen molar-refractivity contribution in [1.29, 1.82) is 0 Å². The van der Waals surface area contributed by atoms with Gasteiger partial charge in [-0.2, -0.15) is 0 Å². The Labute approximate surface area is 173 Å². The van der Waals surface area contributed by atoms with Crippen LogP contribution in [0.2, 0.25) is 10.0 Å². The van der Waals surface area contributed by atoms with E-state index >= 15 is 0 Å². The van der Waals surface area contributed by atoms with Gasteiger partial charge >= 0.3 is 10.1 Å². The van der Waals surface area contributed by atoms with Gasteiger partial charge in [0.1, 0.15) is 22.5 Å². The van der Waals surface area contributed by atoms with Crippen LogP contribution in [0.15, 0.2) is 48.5 Å². The summed E-state index contributed by atoms with van der Waals surface area (Å²) < 4.78 is 0. The predicted molar refractivity (Wildman–Crippen MR) is 114 cm³/mol. The van der Waals surface area contributed by atoms with Crippen LogP contribution in [-0.2, 0) is 0 Å². The molecule has 2 heterocycles. The van der Waals surface area contributed by atoms with Crippen molar-refractivity contribution in [2.75, 3.05) is 0 Å². The summed E-state index contributed by atoms with van der Waals surface area (Å²) in [4.78, 5) is 8.40. The van der Waals surface area contributed by atoms with Gasteiger partial charge in [0.15, 0.2) is 0 Å². The normalized spacial score (nSPS) is 10.2. The number of aromatic nitrogens is 2. The molecule has 4 nitrogen and oxygen atoms in total. The number of benzene rings is 2. The van der Waals surface area contributed by atoms with Crippen LogP contribution in [0.4, 0.5) is 0 Å². The fraction of sp³-hybridized carbons (Fsp3) is 0.100. The Morgan fingerprint density at radius 3 is 1.41 bits per heavy atom. The number of fused-ring (bicyclic) bond motifs is 2. The van der Waals surface area contributed by atoms with E-state index in [1.54, 1.807) is 24.3 Å². The molecule has 2 aromatic heterocycles. The quantitative estimate of drug-likeness (QED) is 0.376. The molecule has 4 rings (SSSR count). The van der Waals surface area contributed by atoms with Crippen molar-refractivity contribution in [3.63, 3.8) is 0 Å². The molecule has 0 spiro atoms. The molecular weight excluding hydrogens is 380 g/mol. The molecule has 2 N–H and O–H groups in total. The summed E-state index contributed by atoms with van der Waals surface area (Å²) in [6, 6.07) is 13.9. The first-order valence-electron chi connectivity index (χ1n) is 7.86. The van der Waals surface area contributed by atoms with Gasteiger partial charge in [-0.15, -0.1) is 0 Å². The standard InChI is InChI=1S/2C10H8ClNO.Be.2H/c2*1-6-2-3-7-8(11)4-5-9(13)10(7)12-6;;;/h2*2-5,13H,1H3;;;/q;;+2;2*-1. The molecule has 0 atom stereocenters. The second-order valence-electron chi connectivity index (χ2n) is 5.83. The van der Waals surface area contributed by atoms with Crippen LogP contribution >= 0.6 is 23.2 Å². The third-order valence-corrected chi connectivity index (χ3v) is 4.50. The maximum atomic E-state index is 9.50. The van der Waals surface area contributed by atoms with E-state index in [1.807, 2.05) is 38.1 Å². The monoisotopic (exact) mass is 397 g/mol. The molecule has 0 unspecified atom stereocenters. The van der Waals surface area contributed by atoms with Crippen molar-refractivity contribution in [2.45, 2.75) is 13.8 Å². The van der Waals surface area contributed by atoms with E-state index in [0.29, 0.717) is 21.1 Å². The number of aromatic hydroxyl groups is 2. The Morgan fingerprint density at radius 1 is 0.667 bits per heavy atom. The van der Waals surface area contributed by atoms with Crippen LogP contribution in [0.25, 0.3) is 21.8 Å². The first-order chi connectivity index (χ1) is 12.4. The van der Waals surface area contributed by atoms with Gasteiger partial charge in [0.05, 0.1) is 10.0 Å². The summed E-state index contributed by atoms with van der Waals surface area (Å²) in [5.41, 5.74) is 2.86. The Kier molecular flexibility index (Phi) is 6.61. The molecule has 0 aliphatic rings. The van der Waals surface area contributed by atoms with Crippen LogP contribution in [0.5, 0.6) is 11.5 Å². The van der Waals surface area contributed by atoms with Gasteiger partial charge in [0.2, 0.25) is 0 Å². The Balaban J connectivity index is 0.000000490. The molecule has 7 heteroatoms. The molecule has 136 valence electrons. The largest absolute Gasteiger partial charge is 2.00 e. The van der Waals surface area contributed by atoms with Crippen LogP contribution in [0, 0.1) is 13.8 Å². The molecule has 0 saturated carbocycles. The van der Waals surface area contributed by atoms with E-state index in [2.05, 4.69) is 9.97 Å². The van der Waals surface area contributed by atoms with Gasteiger partial charge in [-0.25, -0.2) is 9.97 Å². The Hall–Kier alpha value is -2.39. The average molecular weight is 398 g/mol. The first-order valence-corrected chi connectivity index (χ1v) is 8.62. The number of rotatable bonds is 0. The minimum atomic E-state index is 0. The number of hydrogen-bond acceptors (Lipinski definition) is 4. The zero-order chi connectivity index (χ0) is 18.8. The smallest absolute Gasteiger partial charge is 1.00 e. The third kappa shape index (κ3) is 4.48. The topological polar surface area (TPSA) is 66.2 Å². The first kappa shape index (κ1) is 20.9. The SMILES string of the molecule is Cc1ccc2c(Cl)ccc(O)c2n1.Cc1ccc2c(Cl)ccc(O)c2n1.[Be+2].[H-].[H-]. The minimum absolute atomic E-state index is 0. The molecule has 0 bridgehead atoms. The Bertz CT molecular complexity index is 1040. The zero-order valence-electron chi connectivity index (χ0n) is 16.9. The molecule has 0 aliphatic heterocycles. The van der Waals surface area contributed by atoms with E-state index < -0.39 is 0 Å². The molecule has 0 saturated heterocycles. The van der Waals surface area contributed by atoms with Crippen molar-refractivity contribution in [1.82, 2.24) is 9.97 Å². The second-order valence-corrected chi connectivity index (χ2v) is 6.65. The van der Waals surface area contributed by atoms with E-state index in [1.165, 1.54) is 0 Å². The van der Waals surface area contributed by atoms with Crippen LogP contribution in [-0.4, -0.2) is 30.3 Å². The predicted octanol–water partition coefficient (Wildman–Crippen LogP) is 5.65. The average Bonchev–Trinajstić information content (AvgIpc) is 2.62. The number of pyridine rings is 2. The van der Waals surface area contributed by atoms with Crippen LogP contribution < -0.4 is 0 Å². The molecule has 4 aromatic rings.